The van der Waals surface area contributed by atoms with Crippen molar-refractivity contribution in [3.05, 3.63) is 206 Å². The molecule has 0 radical (unpaired) electrons. The van der Waals surface area contributed by atoms with Crippen LogP contribution >= 0.6 is 0 Å². The molecule has 0 saturated heterocycles. The maximum absolute atomic E-state index is 5.74. The molecule has 57 heavy (non-hydrogen) atoms. The lowest BCUT2D eigenvalue weighted by atomic mass is 10.1. The van der Waals surface area contributed by atoms with E-state index < -0.39 is 8.07 Å². The predicted molar refractivity (Wildman–Crippen MR) is 239 cm³/mol. The lowest BCUT2D eigenvalue weighted by Gasteiger charge is -2.30. The number of rotatable bonds is 5. The van der Waals surface area contributed by atoms with Crippen LogP contribution in [-0.4, -0.2) is 27.2 Å². The molecule has 1 aliphatic heterocycles. The predicted octanol–water partition coefficient (Wildman–Crippen LogP) is 9.70. The first-order chi connectivity index (χ1) is 28.3. The molecular formula is C52H34N4Si. The fourth-order valence-electron chi connectivity index (χ4n) is 9.64. The molecule has 0 aliphatic carbocycles. The average Bonchev–Trinajstić information content (AvgIpc) is 3.90. The SMILES string of the molecule is c1ccc(-c2nc(-n3c4ccccc4c4cc5c(cc43)c3ccccc3n5-c3ccccc3)c3c(n2)[Si](c2ccccc2)(c2ccccc2)c2ccccc2-3)cc1. The highest BCUT2D eigenvalue weighted by Crippen LogP contribution is 2.42. The van der Waals surface area contributed by atoms with Gasteiger partial charge in [-0.2, -0.15) is 0 Å². The first-order valence-corrected chi connectivity index (χ1v) is 21.5. The highest BCUT2D eigenvalue weighted by Gasteiger charge is 2.52. The number of para-hydroxylation sites is 3. The van der Waals surface area contributed by atoms with Crippen LogP contribution in [0.5, 0.6) is 0 Å². The van der Waals surface area contributed by atoms with E-state index in [0.29, 0.717) is 0 Å². The zero-order valence-electron chi connectivity index (χ0n) is 30.9. The number of hydrogen-bond donors (Lipinski definition) is 0. The van der Waals surface area contributed by atoms with Gasteiger partial charge in [0.15, 0.2) is 5.82 Å². The number of benzene rings is 8. The number of aromatic nitrogens is 4. The molecule has 4 heterocycles. The van der Waals surface area contributed by atoms with Gasteiger partial charge in [-0.25, -0.2) is 9.97 Å². The minimum atomic E-state index is -2.95. The van der Waals surface area contributed by atoms with Gasteiger partial charge in [0.05, 0.1) is 27.4 Å². The second-order valence-electron chi connectivity index (χ2n) is 14.9. The average molecular weight is 743 g/mol. The number of fused-ring (bicyclic) bond motifs is 9. The summed E-state index contributed by atoms with van der Waals surface area (Å²) >= 11 is 0. The lowest BCUT2D eigenvalue weighted by Crippen LogP contribution is -2.73. The van der Waals surface area contributed by atoms with Gasteiger partial charge in [-0.15, -0.1) is 0 Å². The molecule has 5 heteroatoms. The van der Waals surface area contributed by atoms with Gasteiger partial charge in [0.25, 0.3) is 0 Å². The standard InChI is InChI=1S/C52H34N4Si/c1-5-19-35(20-6-1)50-53-51(49-41-29-15-18-32-48(41)57(52(49)54-50,37-23-9-3-10-24-37)38-25-11-4-12-26-38)56-45-31-17-14-28-40(45)43-33-46-42(34-47(43)56)39-27-13-16-30-44(39)55(46)36-21-7-2-8-22-36/h1-34H. The molecule has 0 saturated carbocycles. The first kappa shape index (κ1) is 32.0. The third kappa shape index (κ3) is 4.49. The maximum Gasteiger partial charge on any atom is 0.203 e. The van der Waals surface area contributed by atoms with Crippen molar-refractivity contribution in [3.63, 3.8) is 0 Å². The van der Waals surface area contributed by atoms with Gasteiger partial charge in [0.1, 0.15) is 5.82 Å². The lowest BCUT2D eigenvalue weighted by molar-refractivity contribution is 1.06. The third-order valence-electron chi connectivity index (χ3n) is 12.0. The summed E-state index contributed by atoms with van der Waals surface area (Å²) in [4.78, 5) is 11.4. The van der Waals surface area contributed by atoms with Crippen molar-refractivity contribution >= 4 is 72.6 Å². The molecule has 8 aromatic carbocycles. The van der Waals surface area contributed by atoms with E-state index >= 15 is 0 Å². The van der Waals surface area contributed by atoms with Crippen molar-refractivity contribution in [1.82, 2.24) is 19.1 Å². The Morgan fingerprint density at radius 2 is 0.877 bits per heavy atom. The van der Waals surface area contributed by atoms with Gasteiger partial charge in [0, 0.05) is 38.4 Å². The van der Waals surface area contributed by atoms with Crippen molar-refractivity contribution in [1.29, 1.82) is 0 Å². The molecule has 0 unspecified atom stereocenters. The molecule has 1 aliphatic rings. The van der Waals surface area contributed by atoms with Gasteiger partial charge in [0.2, 0.25) is 8.07 Å². The van der Waals surface area contributed by atoms with E-state index in [0.717, 1.165) is 44.8 Å². The van der Waals surface area contributed by atoms with Crippen LogP contribution in [0.2, 0.25) is 0 Å². The molecule has 11 aromatic rings. The Bertz CT molecular complexity index is 3290. The van der Waals surface area contributed by atoms with E-state index in [1.54, 1.807) is 0 Å². The van der Waals surface area contributed by atoms with Crippen LogP contribution in [0.4, 0.5) is 0 Å². The van der Waals surface area contributed by atoms with Crippen LogP contribution in [0, 0.1) is 0 Å². The Balaban J connectivity index is 1.27. The van der Waals surface area contributed by atoms with Crippen LogP contribution in [0.25, 0.3) is 77.6 Å². The fraction of sp³-hybridized carbons (Fsp3) is 0. The Labute approximate surface area is 330 Å². The topological polar surface area (TPSA) is 35.6 Å². The maximum atomic E-state index is 5.74. The van der Waals surface area contributed by atoms with E-state index in [1.165, 1.54) is 53.7 Å². The second kappa shape index (κ2) is 12.3. The van der Waals surface area contributed by atoms with E-state index in [9.17, 15) is 0 Å². The van der Waals surface area contributed by atoms with Crippen molar-refractivity contribution in [2.24, 2.45) is 0 Å². The van der Waals surface area contributed by atoms with E-state index in [2.05, 4.69) is 215 Å². The van der Waals surface area contributed by atoms with Crippen molar-refractivity contribution in [3.8, 4) is 34.0 Å². The molecule has 3 aromatic heterocycles. The zero-order chi connectivity index (χ0) is 37.5. The Kier molecular flexibility index (Phi) is 6.91. The smallest absolute Gasteiger partial charge is 0.203 e. The molecule has 12 rings (SSSR count). The Morgan fingerprint density at radius 3 is 1.51 bits per heavy atom. The second-order valence-corrected chi connectivity index (χ2v) is 18.6. The molecule has 0 atom stereocenters. The van der Waals surface area contributed by atoms with Gasteiger partial charge in [-0.3, -0.25) is 4.57 Å². The van der Waals surface area contributed by atoms with Crippen LogP contribution in [0.15, 0.2) is 206 Å². The van der Waals surface area contributed by atoms with E-state index in [-0.39, 0.29) is 0 Å². The van der Waals surface area contributed by atoms with Crippen LogP contribution in [0.3, 0.4) is 0 Å². The Morgan fingerprint density at radius 1 is 0.386 bits per heavy atom. The van der Waals surface area contributed by atoms with Crippen LogP contribution < -0.4 is 20.9 Å². The van der Waals surface area contributed by atoms with Crippen molar-refractivity contribution < 1.29 is 0 Å². The monoisotopic (exact) mass is 742 g/mol. The van der Waals surface area contributed by atoms with Crippen molar-refractivity contribution in [2.45, 2.75) is 0 Å². The quantitative estimate of drug-likeness (QED) is 0.165. The number of nitrogens with zero attached hydrogens (tertiary/aromatic N) is 4. The summed E-state index contributed by atoms with van der Waals surface area (Å²) in [6.45, 7) is 0. The fourth-order valence-corrected chi connectivity index (χ4v) is 14.6. The molecule has 266 valence electrons. The third-order valence-corrected chi connectivity index (χ3v) is 16.7. The summed E-state index contributed by atoms with van der Waals surface area (Å²) < 4.78 is 4.84. The first-order valence-electron chi connectivity index (χ1n) is 19.5. The molecular weight excluding hydrogens is 709 g/mol. The molecule has 0 spiro atoms. The van der Waals surface area contributed by atoms with Crippen LogP contribution in [-0.2, 0) is 0 Å². The largest absolute Gasteiger partial charge is 0.309 e. The van der Waals surface area contributed by atoms with Crippen LogP contribution in [0.1, 0.15) is 0 Å². The molecule has 0 amide bonds. The summed E-state index contributed by atoms with van der Waals surface area (Å²) in [6, 6.07) is 74.8. The molecule has 0 fully saturated rings. The minimum Gasteiger partial charge on any atom is -0.309 e. The van der Waals surface area contributed by atoms with E-state index in [1.807, 2.05) is 0 Å². The molecule has 0 N–H and O–H groups in total. The van der Waals surface area contributed by atoms with Crippen molar-refractivity contribution in [2.75, 3.05) is 0 Å². The van der Waals surface area contributed by atoms with Gasteiger partial charge in [-0.05, 0) is 57.5 Å². The van der Waals surface area contributed by atoms with Gasteiger partial charge in [-0.1, -0.05) is 170 Å². The molecule has 0 bridgehead atoms. The summed E-state index contributed by atoms with van der Waals surface area (Å²) in [6.07, 6.45) is 0. The van der Waals surface area contributed by atoms with Gasteiger partial charge >= 0.3 is 0 Å². The highest BCUT2D eigenvalue weighted by molar-refractivity contribution is 7.21. The highest BCUT2D eigenvalue weighted by atomic mass is 28.3. The van der Waals surface area contributed by atoms with E-state index in [4.69, 9.17) is 9.97 Å². The zero-order valence-corrected chi connectivity index (χ0v) is 31.9. The summed E-state index contributed by atoms with van der Waals surface area (Å²) in [5, 5.41) is 9.88. The summed E-state index contributed by atoms with van der Waals surface area (Å²) in [5.74, 6) is 1.64. The number of hydrogen-bond acceptors (Lipinski definition) is 2. The molecule has 4 nitrogen and oxygen atoms in total. The minimum absolute atomic E-state index is 0.730. The normalized spacial score (nSPS) is 13.1. The Hall–Kier alpha value is -7.34. The van der Waals surface area contributed by atoms with Gasteiger partial charge < -0.3 is 4.57 Å². The summed E-state index contributed by atoms with van der Waals surface area (Å²) in [5.41, 5.74) is 9.06. The summed E-state index contributed by atoms with van der Waals surface area (Å²) in [7, 11) is -2.95.